The van der Waals surface area contributed by atoms with Gasteiger partial charge in [0.2, 0.25) is 5.50 Å². The Labute approximate surface area is 143 Å². The van der Waals surface area contributed by atoms with Gasteiger partial charge in [-0.25, -0.2) is 0 Å². The second-order valence-corrected chi connectivity index (χ2v) is 8.69. The maximum atomic E-state index is 11.9. The summed E-state index contributed by atoms with van der Waals surface area (Å²) < 4.78 is 33.5. The molecule has 2 saturated carbocycles. The fourth-order valence-corrected chi connectivity index (χ4v) is 5.71. The third-order valence-corrected chi connectivity index (χ3v) is 6.80. The van der Waals surface area contributed by atoms with Crippen molar-refractivity contribution in [1.82, 2.24) is 9.80 Å². The highest BCUT2D eigenvalue weighted by Gasteiger charge is 2.43. The summed E-state index contributed by atoms with van der Waals surface area (Å²) >= 11 is 0. The average Bonchev–Trinajstić information content (AvgIpc) is 2.96. The average molecular weight is 358 g/mol. The van der Waals surface area contributed by atoms with Gasteiger partial charge in [0.1, 0.15) is 0 Å². The molecule has 136 valence electrons. The minimum atomic E-state index is -4.33. The molecule has 2 aliphatic carbocycles. The number of aliphatic carboxylic acids is 1. The number of hydrogen-bond donors (Lipinski definition) is 2. The smallest absolute Gasteiger partial charge is 0.306 e. The molecule has 4 atom stereocenters. The van der Waals surface area contributed by atoms with Crippen molar-refractivity contribution in [3.05, 3.63) is 12.4 Å². The Kier molecular flexibility index (Phi) is 5.05. The standard InChI is InChI=1S/C16H26N2O5S/c19-15(20)7-8-17-9-10-18(16(17)24(21,22)23)14-6-5-12-3-1-2-4-13(12)11-14/h9-10,12-14,16H,1-8,11H2,(H,19,20)(H,21,22,23). The molecule has 0 aromatic rings. The molecule has 2 fully saturated rings. The van der Waals surface area contributed by atoms with Gasteiger partial charge in [-0.15, -0.1) is 0 Å². The first-order valence-corrected chi connectivity index (χ1v) is 10.3. The quantitative estimate of drug-likeness (QED) is 0.726. The second-order valence-electron chi connectivity index (χ2n) is 7.24. The summed E-state index contributed by atoms with van der Waals surface area (Å²) in [4.78, 5) is 13.9. The van der Waals surface area contributed by atoms with Gasteiger partial charge in [0.05, 0.1) is 6.42 Å². The van der Waals surface area contributed by atoms with E-state index in [0.29, 0.717) is 5.92 Å². The van der Waals surface area contributed by atoms with Gasteiger partial charge in [-0.2, -0.15) is 8.42 Å². The third kappa shape index (κ3) is 3.69. The van der Waals surface area contributed by atoms with E-state index in [1.165, 1.54) is 30.6 Å². The number of nitrogens with zero attached hydrogens (tertiary/aromatic N) is 2. The van der Waals surface area contributed by atoms with E-state index in [9.17, 15) is 17.8 Å². The Balaban J connectivity index is 1.72. The van der Waals surface area contributed by atoms with Crippen molar-refractivity contribution >= 4 is 16.1 Å². The Bertz CT molecular complexity index is 606. The van der Waals surface area contributed by atoms with Crippen molar-refractivity contribution in [3.63, 3.8) is 0 Å². The van der Waals surface area contributed by atoms with E-state index >= 15 is 0 Å². The molecule has 1 aliphatic heterocycles. The highest BCUT2D eigenvalue weighted by molar-refractivity contribution is 7.86. The Morgan fingerprint density at radius 1 is 1.08 bits per heavy atom. The minimum Gasteiger partial charge on any atom is -0.481 e. The van der Waals surface area contributed by atoms with Crippen LogP contribution in [0.15, 0.2) is 12.4 Å². The van der Waals surface area contributed by atoms with Gasteiger partial charge in [-0.3, -0.25) is 9.35 Å². The fraction of sp³-hybridized carbons (Fsp3) is 0.812. The molecule has 0 radical (unpaired) electrons. The van der Waals surface area contributed by atoms with Crippen LogP contribution < -0.4 is 0 Å². The van der Waals surface area contributed by atoms with Gasteiger partial charge in [-0.1, -0.05) is 25.7 Å². The van der Waals surface area contributed by atoms with Crippen LogP contribution in [0.2, 0.25) is 0 Å². The number of fused-ring (bicyclic) bond motifs is 1. The van der Waals surface area contributed by atoms with Crippen LogP contribution >= 0.6 is 0 Å². The molecule has 0 saturated heterocycles. The lowest BCUT2D eigenvalue weighted by Gasteiger charge is -2.44. The SMILES string of the molecule is O=C(O)CCN1C=CN(C2CCC3CCCCC3C2)C1S(=O)(=O)O. The topological polar surface area (TPSA) is 98.2 Å². The van der Waals surface area contributed by atoms with Gasteiger partial charge in [0.25, 0.3) is 0 Å². The normalized spacial score (nSPS) is 33.5. The van der Waals surface area contributed by atoms with Crippen LogP contribution in [0.3, 0.4) is 0 Å². The first kappa shape index (κ1) is 17.5. The number of carboxylic acids is 1. The number of carboxylic acid groups (broad SMARTS) is 1. The van der Waals surface area contributed by atoms with Gasteiger partial charge < -0.3 is 14.9 Å². The van der Waals surface area contributed by atoms with Gasteiger partial charge in [0, 0.05) is 25.0 Å². The lowest BCUT2D eigenvalue weighted by Crippen LogP contribution is -2.51. The van der Waals surface area contributed by atoms with Crippen LogP contribution in [0.1, 0.15) is 51.4 Å². The molecule has 0 amide bonds. The largest absolute Gasteiger partial charge is 0.481 e. The predicted molar refractivity (Wildman–Crippen MR) is 88.4 cm³/mol. The molecule has 1 heterocycles. The fourth-order valence-electron chi connectivity index (χ4n) is 4.64. The summed E-state index contributed by atoms with van der Waals surface area (Å²) in [6, 6.07) is 0.0855. The van der Waals surface area contributed by atoms with Gasteiger partial charge in [0.15, 0.2) is 0 Å². The van der Waals surface area contributed by atoms with Crippen molar-refractivity contribution in [2.24, 2.45) is 11.8 Å². The van der Waals surface area contributed by atoms with E-state index in [-0.39, 0.29) is 19.0 Å². The zero-order valence-corrected chi connectivity index (χ0v) is 14.6. The van der Waals surface area contributed by atoms with Crippen molar-refractivity contribution in [1.29, 1.82) is 0 Å². The van der Waals surface area contributed by atoms with Crippen LogP contribution in [0.25, 0.3) is 0 Å². The molecular weight excluding hydrogens is 332 g/mol. The maximum Gasteiger partial charge on any atom is 0.306 e. The molecule has 8 heteroatoms. The highest BCUT2D eigenvalue weighted by Crippen LogP contribution is 2.43. The van der Waals surface area contributed by atoms with E-state index in [0.717, 1.165) is 25.2 Å². The number of carbonyl (C=O) groups is 1. The molecule has 2 N–H and O–H groups in total. The first-order chi connectivity index (χ1) is 11.4. The molecule has 0 aromatic heterocycles. The monoisotopic (exact) mass is 358 g/mol. The molecule has 4 unspecified atom stereocenters. The predicted octanol–water partition coefficient (Wildman–Crippen LogP) is 2.08. The lowest BCUT2D eigenvalue weighted by atomic mass is 9.69. The van der Waals surface area contributed by atoms with Crippen LogP contribution in [0.4, 0.5) is 0 Å². The Hall–Kier alpha value is -1.28. The first-order valence-electron chi connectivity index (χ1n) is 8.76. The molecule has 24 heavy (non-hydrogen) atoms. The Morgan fingerprint density at radius 3 is 2.46 bits per heavy atom. The van der Waals surface area contributed by atoms with Gasteiger partial charge in [-0.05, 0) is 31.1 Å². The molecule has 0 bridgehead atoms. The Morgan fingerprint density at radius 2 is 1.79 bits per heavy atom. The third-order valence-electron chi connectivity index (χ3n) is 5.75. The number of rotatable bonds is 5. The van der Waals surface area contributed by atoms with Crippen molar-refractivity contribution < 1.29 is 22.9 Å². The van der Waals surface area contributed by atoms with E-state index in [4.69, 9.17) is 5.11 Å². The maximum absolute atomic E-state index is 11.9. The molecule has 3 rings (SSSR count). The summed E-state index contributed by atoms with van der Waals surface area (Å²) in [7, 11) is -4.33. The summed E-state index contributed by atoms with van der Waals surface area (Å²) in [5, 5.41) is 8.83. The molecular formula is C16H26N2O5S. The zero-order chi connectivity index (χ0) is 17.3. The molecule has 3 aliphatic rings. The van der Waals surface area contributed by atoms with Crippen LogP contribution in [0, 0.1) is 11.8 Å². The second kappa shape index (κ2) is 6.92. The zero-order valence-electron chi connectivity index (χ0n) is 13.7. The van der Waals surface area contributed by atoms with Crippen molar-refractivity contribution in [2.45, 2.75) is 62.9 Å². The van der Waals surface area contributed by atoms with E-state index < -0.39 is 21.6 Å². The highest BCUT2D eigenvalue weighted by atomic mass is 32.2. The summed E-state index contributed by atoms with van der Waals surface area (Å²) in [5.41, 5.74) is -1.19. The number of hydrogen-bond acceptors (Lipinski definition) is 5. The van der Waals surface area contributed by atoms with Crippen molar-refractivity contribution in [3.8, 4) is 0 Å². The lowest BCUT2D eigenvalue weighted by molar-refractivity contribution is -0.137. The van der Waals surface area contributed by atoms with E-state index in [2.05, 4.69) is 0 Å². The van der Waals surface area contributed by atoms with Crippen LogP contribution in [-0.2, 0) is 14.9 Å². The summed E-state index contributed by atoms with van der Waals surface area (Å²) in [6.45, 7) is 0.0611. The molecule has 0 spiro atoms. The van der Waals surface area contributed by atoms with Crippen LogP contribution in [-0.4, -0.2) is 51.9 Å². The van der Waals surface area contributed by atoms with Crippen LogP contribution in [0.5, 0.6) is 0 Å². The van der Waals surface area contributed by atoms with Crippen molar-refractivity contribution in [2.75, 3.05) is 6.54 Å². The van der Waals surface area contributed by atoms with Gasteiger partial charge >= 0.3 is 16.1 Å². The summed E-state index contributed by atoms with van der Waals surface area (Å²) in [6.07, 6.45) is 11.1. The molecule has 0 aromatic carbocycles. The van der Waals surface area contributed by atoms with E-state index in [1.807, 2.05) is 0 Å². The molecule has 7 nitrogen and oxygen atoms in total. The van der Waals surface area contributed by atoms with E-state index in [1.54, 1.807) is 17.3 Å². The minimum absolute atomic E-state index is 0.0611. The summed E-state index contributed by atoms with van der Waals surface area (Å²) in [5.74, 6) is 0.411.